The van der Waals surface area contributed by atoms with E-state index in [2.05, 4.69) is 20.3 Å². The third kappa shape index (κ3) is 2.97. The lowest BCUT2D eigenvalue weighted by Crippen LogP contribution is -2.38. The number of morpholine rings is 1. The predicted molar refractivity (Wildman–Crippen MR) is 76.9 cm³/mol. The molecule has 1 atom stereocenters. The Bertz CT molecular complexity index is 532. The number of rotatable bonds is 3. The summed E-state index contributed by atoms with van der Waals surface area (Å²) in [5.74, 6) is 1.06. The van der Waals surface area contributed by atoms with Crippen LogP contribution in [0.25, 0.3) is 0 Å². The summed E-state index contributed by atoms with van der Waals surface area (Å²) in [6.45, 7) is 3.44. The van der Waals surface area contributed by atoms with E-state index in [0.717, 1.165) is 13.0 Å². The summed E-state index contributed by atoms with van der Waals surface area (Å²) in [5.41, 5.74) is 5.75. The van der Waals surface area contributed by atoms with E-state index in [-0.39, 0.29) is 17.9 Å². The first kappa shape index (κ1) is 13.8. The minimum atomic E-state index is -0.297. The zero-order chi connectivity index (χ0) is 14.8. The number of amides is 1. The van der Waals surface area contributed by atoms with Crippen LogP contribution in [0.3, 0.4) is 0 Å². The number of ether oxygens (including phenoxy) is 1. The number of carbonyl (C=O) groups is 1. The van der Waals surface area contributed by atoms with E-state index in [0.29, 0.717) is 38.2 Å². The fourth-order valence-electron chi connectivity index (χ4n) is 2.46. The number of nitrogen functional groups attached to an aromatic ring is 1. The third-order valence-electron chi connectivity index (χ3n) is 3.67. The van der Waals surface area contributed by atoms with Gasteiger partial charge in [-0.2, -0.15) is 15.0 Å². The van der Waals surface area contributed by atoms with Crippen molar-refractivity contribution in [2.24, 2.45) is 0 Å². The van der Waals surface area contributed by atoms with E-state index in [1.807, 2.05) is 4.90 Å². The number of likely N-dealkylation sites (tertiary alicyclic amines) is 1. The van der Waals surface area contributed by atoms with Crippen LogP contribution >= 0.6 is 0 Å². The average molecular weight is 293 g/mol. The van der Waals surface area contributed by atoms with Gasteiger partial charge in [-0.15, -0.1) is 0 Å². The van der Waals surface area contributed by atoms with Crippen molar-refractivity contribution < 1.29 is 9.53 Å². The number of hydrogen-bond acceptors (Lipinski definition) is 8. The highest BCUT2D eigenvalue weighted by Gasteiger charge is 2.29. The smallest absolute Gasteiger partial charge is 0.244 e. The number of anilines is 3. The molecule has 1 aromatic rings. The molecule has 9 heteroatoms. The van der Waals surface area contributed by atoms with Crippen LogP contribution in [0.15, 0.2) is 0 Å². The molecule has 114 valence electrons. The Morgan fingerprint density at radius 3 is 2.67 bits per heavy atom. The molecule has 0 bridgehead atoms. The molecular weight excluding hydrogens is 274 g/mol. The van der Waals surface area contributed by atoms with E-state index < -0.39 is 0 Å². The van der Waals surface area contributed by atoms with Crippen LogP contribution in [0, 0.1) is 0 Å². The molecule has 3 heterocycles. The third-order valence-corrected chi connectivity index (χ3v) is 3.67. The molecule has 2 fully saturated rings. The summed E-state index contributed by atoms with van der Waals surface area (Å²) < 4.78 is 5.31. The highest BCUT2D eigenvalue weighted by molar-refractivity contribution is 5.86. The standard InChI is InChI=1S/C12H19N7O2/c1-18-3-2-8(9(18)20)14-11-15-10(13)16-12(17-11)19-4-6-21-7-5-19/h8H,2-7H2,1H3,(H3,13,14,15,16,17). The SMILES string of the molecule is CN1CCC(Nc2nc(N)nc(N3CCOCC3)n2)C1=O. The second-order valence-electron chi connectivity index (χ2n) is 5.16. The number of carbonyl (C=O) groups excluding carboxylic acids is 1. The van der Waals surface area contributed by atoms with Crippen LogP contribution in [0.2, 0.25) is 0 Å². The number of nitrogens with two attached hydrogens (primary N) is 1. The first-order valence-corrected chi connectivity index (χ1v) is 6.99. The van der Waals surface area contributed by atoms with Gasteiger partial charge in [-0.3, -0.25) is 4.79 Å². The van der Waals surface area contributed by atoms with Gasteiger partial charge in [0.2, 0.25) is 23.8 Å². The maximum atomic E-state index is 11.9. The highest BCUT2D eigenvalue weighted by atomic mass is 16.5. The second-order valence-corrected chi connectivity index (χ2v) is 5.16. The molecule has 3 rings (SSSR count). The van der Waals surface area contributed by atoms with Crippen molar-refractivity contribution in [3.8, 4) is 0 Å². The minimum absolute atomic E-state index is 0.0434. The Morgan fingerprint density at radius 2 is 2.00 bits per heavy atom. The molecular formula is C12H19N7O2. The van der Waals surface area contributed by atoms with Crippen LogP contribution in [0.4, 0.5) is 17.8 Å². The molecule has 0 radical (unpaired) electrons. The molecule has 1 amide bonds. The van der Waals surface area contributed by atoms with Crippen molar-refractivity contribution in [3.63, 3.8) is 0 Å². The van der Waals surface area contributed by atoms with Crippen molar-refractivity contribution >= 4 is 23.8 Å². The molecule has 2 aliphatic rings. The molecule has 2 saturated heterocycles. The largest absolute Gasteiger partial charge is 0.378 e. The Balaban J connectivity index is 1.76. The van der Waals surface area contributed by atoms with Gasteiger partial charge in [-0.05, 0) is 6.42 Å². The van der Waals surface area contributed by atoms with Crippen LogP contribution in [-0.2, 0) is 9.53 Å². The molecule has 0 spiro atoms. The monoisotopic (exact) mass is 293 g/mol. The van der Waals surface area contributed by atoms with Gasteiger partial charge < -0.3 is 25.6 Å². The van der Waals surface area contributed by atoms with Crippen molar-refractivity contribution in [1.82, 2.24) is 19.9 Å². The van der Waals surface area contributed by atoms with Gasteiger partial charge in [-0.25, -0.2) is 0 Å². The summed E-state index contributed by atoms with van der Waals surface area (Å²) in [4.78, 5) is 28.2. The number of hydrogen-bond donors (Lipinski definition) is 2. The van der Waals surface area contributed by atoms with Gasteiger partial charge in [0.15, 0.2) is 0 Å². The molecule has 2 aliphatic heterocycles. The van der Waals surface area contributed by atoms with E-state index in [9.17, 15) is 4.79 Å². The Kier molecular flexibility index (Phi) is 3.74. The van der Waals surface area contributed by atoms with Crippen molar-refractivity contribution in [2.45, 2.75) is 12.5 Å². The zero-order valence-corrected chi connectivity index (χ0v) is 11.9. The summed E-state index contributed by atoms with van der Waals surface area (Å²) in [5, 5.41) is 3.05. The number of aromatic nitrogens is 3. The summed E-state index contributed by atoms with van der Waals surface area (Å²) in [6.07, 6.45) is 0.730. The van der Waals surface area contributed by atoms with Crippen molar-refractivity contribution in [1.29, 1.82) is 0 Å². The van der Waals surface area contributed by atoms with Gasteiger partial charge >= 0.3 is 0 Å². The lowest BCUT2D eigenvalue weighted by molar-refractivity contribution is -0.127. The first-order valence-electron chi connectivity index (χ1n) is 6.99. The Hall–Kier alpha value is -2.16. The Labute approximate surface area is 122 Å². The second kappa shape index (κ2) is 5.68. The van der Waals surface area contributed by atoms with Gasteiger partial charge in [0.05, 0.1) is 13.2 Å². The fourth-order valence-corrected chi connectivity index (χ4v) is 2.46. The van der Waals surface area contributed by atoms with Crippen LogP contribution < -0.4 is 16.0 Å². The van der Waals surface area contributed by atoms with E-state index in [1.54, 1.807) is 11.9 Å². The average Bonchev–Trinajstić information content (AvgIpc) is 2.80. The van der Waals surface area contributed by atoms with Gasteiger partial charge in [-0.1, -0.05) is 0 Å². The van der Waals surface area contributed by atoms with Crippen LogP contribution in [0.1, 0.15) is 6.42 Å². The maximum absolute atomic E-state index is 11.9. The van der Waals surface area contributed by atoms with Crippen molar-refractivity contribution in [3.05, 3.63) is 0 Å². The van der Waals surface area contributed by atoms with E-state index in [1.165, 1.54) is 0 Å². The Morgan fingerprint density at radius 1 is 1.24 bits per heavy atom. The summed E-state index contributed by atoms with van der Waals surface area (Å²) >= 11 is 0. The summed E-state index contributed by atoms with van der Waals surface area (Å²) in [7, 11) is 1.78. The minimum Gasteiger partial charge on any atom is -0.378 e. The maximum Gasteiger partial charge on any atom is 0.244 e. The summed E-state index contributed by atoms with van der Waals surface area (Å²) in [6, 6.07) is -0.297. The molecule has 21 heavy (non-hydrogen) atoms. The molecule has 0 aliphatic carbocycles. The van der Waals surface area contributed by atoms with Gasteiger partial charge in [0.1, 0.15) is 6.04 Å². The van der Waals surface area contributed by atoms with E-state index >= 15 is 0 Å². The molecule has 0 aromatic carbocycles. The lowest BCUT2D eigenvalue weighted by atomic mass is 10.2. The van der Waals surface area contributed by atoms with Crippen molar-refractivity contribution in [2.75, 3.05) is 55.8 Å². The molecule has 9 nitrogen and oxygen atoms in total. The highest BCUT2D eigenvalue weighted by Crippen LogP contribution is 2.17. The van der Waals surface area contributed by atoms with Gasteiger partial charge in [0, 0.05) is 26.7 Å². The molecule has 3 N–H and O–H groups in total. The molecule has 0 saturated carbocycles. The number of nitrogens with zero attached hydrogens (tertiary/aromatic N) is 5. The molecule has 1 unspecified atom stereocenters. The van der Waals surface area contributed by atoms with E-state index in [4.69, 9.17) is 10.5 Å². The number of likely N-dealkylation sites (N-methyl/N-ethyl adjacent to an activating group) is 1. The predicted octanol–water partition coefficient (Wildman–Crippen LogP) is -1.07. The lowest BCUT2D eigenvalue weighted by Gasteiger charge is -2.27. The zero-order valence-electron chi connectivity index (χ0n) is 11.9. The fraction of sp³-hybridized carbons (Fsp3) is 0.667. The van der Waals surface area contributed by atoms with Gasteiger partial charge in [0.25, 0.3) is 0 Å². The number of nitrogens with one attached hydrogen (secondary N) is 1. The topological polar surface area (TPSA) is 110 Å². The van der Waals surface area contributed by atoms with Crippen LogP contribution in [-0.4, -0.2) is 71.7 Å². The normalized spacial score (nSPS) is 22.7. The van der Waals surface area contributed by atoms with Crippen LogP contribution in [0.5, 0.6) is 0 Å². The molecule has 1 aromatic heterocycles. The quantitative estimate of drug-likeness (QED) is 0.725. The first-order chi connectivity index (χ1) is 10.1.